The van der Waals surface area contributed by atoms with Gasteiger partial charge in [-0.2, -0.15) is 0 Å². The van der Waals surface area contributed by atoms with E-state index in [1.165, 1.54) is 11.0 Å². The van der Waals surface area contributed by atoms with Crippen LogP contribution in [0.2, 0.25) is 0 Å². The van der Waals surface area contributed by atoms with Crippen molar-refractivity contribution in [2.45, 2.75) is 0 Å². The molecule has 0 aliphatic carbocycles. The molecule has 3 heteroatoms. The summed E-state index contributed by atoms with van der Waals surface area (Å²) in [5.41, 5.74) is 0. The highest BCUT2D eigenvalue weighted by Gasteiger charge is 1.94. The maximum Gasteiger partial charge on any atom is 0.245 e. The summed E-state index contributed by atoms with van der Waals surface area (Å²) in [4.78, 5) is 11.8. The lowest BCUT2D eigenvalue weighted by Crippen LogP contribution is -2.18. The Hall–Kier alpha value is -0.830. The molecule has 1 heterocycles. The molecule has 0 unspecified atom stereocenters. The van der Waals surface area contributed by atoms with E-state index in [0.29, 0.717) is 0 Å². The number of carbonyl (C=O) groups is 1. The highest BCUT2D eigenvalue weighted by molar-refractivity contribution is 5.86. The van der Waals surface area contributed by atoms with Gasteiger partial charge in [-0.15, -0.1) is 0 Å². The number of likely N-dealkylation sites (N-methyl/N-ethyl adjacent to an activating group) is 1. The molecule has 0 bridgehead atoms. The maximum absolute atomic E-state index is 10.3. The molecule has 0 spiro atoms. The average Bonchev–Trinajstić information content (AvgIpc) is 2.70. The van der Waals surface area contributed by atoms with E-state index in [9.17, 15) is 4.79 Å². The van der Waals surface area contributed by atoms with Crippen LogP contribution < -0.4 is 0 Å². The van der Waals surface area contributed by atoms with Gasteiger partial charge in [0.15, 0.2) is 0 Å². The van der Waals surface area contributed by atoms with Gasteiger partial charge in [0, 0.05) is 14.1 Å². The van der Waals surface area contributed by atoms with Crippen LogP contribution in [-0.4, -0.2) is 38.1 Å². The van der Waals surface area contributed by atoms with Crippen molar-refractivity contribution in [3.8, 4) is 0 Å². The molecule has 0 atom stereocenters. The van der Waals surface area contributed by atoms with Crippen LogP contribution in [0, 0.1) is 0 Å². The molecule has 3 nitrogen and oxygen atoms in total. The molecule has 58 valence electrons. The standard InChI is InChI=1S/C5H9NO.C2H4O/c1-4-5(7)6(2)3;1-2-3-1/h4H,1H2,2-3H3;1-2H2. The Morgan fingerprint density at radius 3 is 2.00 bits per heavy atom. The molecule has 0 aromatic rings. The number of hydrogen-bond acceptors (Lipinski definition) is 2. The Kier molecular flexibility index (Phi) is 4.58. The number of ether oxygens (including phenoxy) is 1. The molecule has 1 aliphatic heterocycles. The molecule has 0 aromatic carbocycles. The summed E-state index contributed by atoms with van der Waals surface area (Å²) in [6, 6.07) is 0. The Morgan fingerprint density at radius 1 is 1.60 bits per heavy atom. The van der Waals surface area contributed by atoms with Crippen LogP contribution in [0.1, 0.15) is 0 Å². The van der Waals surface area contributed by atoms with Crippen molar-refractivity contribution in [2.24, 2.45) is 0 Å². The number of carbonyl (C=O) groups excluding carboxylic acids is 1. The number of nitrogens with zero attached hydrogens (tertiary/aromatic N) is 1. The molecular formula is C7H13NO2. The van der Waals surface area contributed by atoms with Crippen molar-refractivity contribution in [1.29, 1.82) is 0 Å². The first-order chi connectivity index (χ1) is 4.68. The Bertz CT molecular complexity index is 116. The van der Waals surface area contributed by atoms with Gasteiger partial charge in [-0.25, -0.2) is 0 Å². The van der Waals surface area contributed by atoms with Crippen molar-refractivity contribution in [3.05, 3.63) is 12.7 Å². The number of amides is 1. The quantitative estimate of drug-likeness (QED) is 0.390. The van der Waals surface area contributed by atoms with Crippen LogP contribution in [0.4, 0.5) is 0 Å². The van der Waals surface area contributed by atoms with Gasteiger partial charge in [0.1, 0.15) is 0 Å². The fraction of sp³-hybridized carbons (Fsp3) is 0.571. The van der Waals surface area contributed by atoms with Gasteiger partial charge in [-0.1, -0.05) is 6.58 Å². The minimum Gasteiger partial charge on any atom is -0.377 e. The van der Waals surface area contributed by atoms with Crippen molar-refractivity contribution >= 4 is 5.91 Å². The lowest BCUT2D eigenvalue weighted by Gasteiger charge is -2.03. The van der Waals surface area contributed by atoms with E-state index in [1.807, 2.05) is 0 Å². The second-order valence-electron chi connectivity index (χ2n) is 2.05. The molecule has 1 fully saturated rings. The van der Waals surface area contributed by atoms with Gasteiger partial charge in [0.05, 0.1) is 13.2 Å². The lowest BCUT2D eigenvalue weighted by molar-refractivity contribution is -0.123. The van der Waals surface area contributed by atoms with Crippen LogP contribution in [-0.2, 0) is 9.53 Å². The van der Waals surface area contributed by atoms with E-state index >= 15 is 0 Å². The third kappa shape index (κ3) is 7.17. The second kappa shape index (κ2) is 4.99. The minimum atomic E-state index is -0.0556. The highest BCUT2D eigenvalue weighted by Crippen LogP contribution is 1.84. The molecule has 0 saturated carbocycles. The zero-order valence-corrected chi connectivity index (χ0v) is 6.46. The third-order valence-electron chi connectivity index (χ3n) is 0.820. The normalized spacial score (nSPS) is 12.6. The second-order valence-corrected chi connectivity index (χ2v) is 2.05. The summed E-state index contributed by atoms with van der Waals surface area (Å²) < 4.78 is 4.50. The predicted molar refractivity (Wildman–Crippen MR) is 39.7 cm³/mol. The molecule has 1 rings (SSSR count). The van der Waals surface area contributed by atoms with Crippen LogP contribution >= 0.6 is 0 Å². The number of hydrogen-bond donors (Lipinski definition) is 0. The Morgan fingerprint density at radius 2 is 2.00 bits per heavy atom. The number of rotatable bonds is 1. The van der Waals surface area contributed by atoms with E-state index in [1.54, 1.807) is 14.1 Å². The van der Waals surface area contributed by atoms with E-state index < -0.39 is 0 Å². The Labute approximate surface area is 61.3 Å². The minimum absolute atomic E-state index is 0.0556. The first kappa shape index (κ1) is 9.17. The summed E-state index contributed by atoms with van der Waals surface area (Å²) in [5.74, 6) is -0.0556. The maximum atomic E-state index is 10.3. The van der Waals surface area contributed by atoms with Gasteiger partial charge in [-0.3, -0.25) is 4.79 Å². The summed E-state index contributed by atoms with van der Waals surface area (Å²) in [6.45, 7) is 5.29. The van der Waals surface area contributed by atoms with Crippen molar-refractivity contribution < 1.29 is 9.53 Å². The zero-order valence-electron chi connectivity index (χ0n) is 6.46. The average molecular weight is 143 g/mol. The highest BCUT2D eigenvalue weighted by atomic mass is 16.6. The molecule has 0 N–H and O–H groups in total. The lowest BCUT2D eigenvalue weighted by atomic mass is 10.5. The van der Waals surface area contributed by atoms with Gasteiger partial charge in [-0.05, 0) is 6.08 Å². The van der Waals surface area contributed by atoms with Crippen molar-refractivity contribution in [3.63, 3.8) is 0 Å². The first-order valence-electron chi connectivity index (χ1n) is 3.10. The third-order valence-corrected chi connectivity index (χ3v) is 0.820. The van der Waals surface area contributed by atoms with E-state index in [4.69, 9.17) is 0 Å². The van der Waals surface area contributed by atoms with Gasteiger partial charge >= 0.3 is 0 Å². The molecular weight excluding hydrogens is 130 g/mol. The Balaban J connectivity index is 0.000000219. The van der Waals surface area contributed by atoms with Crippen molar-refractivity contribution in [2.75, 3.05) is 27.3 Å². The van der Waals surface area contributed by atoms with Crippen LogP contribution in [0.25, 0.3) is 0 Å². The first-order valence-corrected chi connectivity index (χ1v) is 3.10. The summed E-state index contributed by atoms with van der Waals surface area (Å²) in [5, 5.41) is 0. The fourth-order valence-corrected chi connectivity index (χ4v) is 0.183. The monoisotopic (exact) mass is 143 g/mol. The number of epoxide rings is 1. The summed E-state index contributed by atoms with van der Waals surface area (Å²) >= 11 is 0. The van der Waals surface area contributed by atoms with Crippen LogP contribution in [0.3, 0.4) is 0 Å². The van der Waals surface area contributed by atoms with E-state index in [2.05, 4.69) is 11.3 Å². The molecule has 1 saturated heterocycles. The molecule has 0 aromatic heterocycles. The molecule has 0 radical (unpaired) electrons. The van der Waals surface area contributed by atoms with Gasteiger partial charge in [0.25, 0.3) is 0 Å². The van der Waals surface area contributed by atoms with Crippen LogP contribution in [0.15, 0.2) is 12.7 Å². The van der Waals surface area contributed by atoms with E-state index in [-0.39, 0.29) is 5.91 Å². The van der Waals surface area contributed by atoms with Crippen LogP contribution in [0.5, 0.6) is 0 Å². The summed E-state index contributed by atoms with van der Waals surface area (Å²) in [6.07, 6.45) is 1.28. The smallest absolute Gasteiger partial charge is 0.245 e. The molecule has 1 amide bonds. The van der Waals surface area contributed by atoms with E-state index in [0.717, 1.165) is 13.2 Å². The predicted octanol–water partition coefficient (Wildman–Crippen LogP) is 0.277. The molecule has 10 heavy (non-hydrogen) atoms. The summed E-state index contributed by atoms with van der Waals surface area (Å²) in [7, 11) is 3.37. The zero-order chi connectivity index (χ0) is 7.98. The van der Waals surface area contributed by atoms with Gasteiger partial charge in [0.2, 0.25) is 5.91 Å². The van der Waals surface area contributed by atoms with Crippen molar-refractivity contribution in [1.82, 2.24) is 4.90 Å². The topological polar surface area (TPSA) is 32.8 Å². The fourth-order valence-electron chi connectivity index (χ4n) is 0.183. The molecule has 1 aliphatic rings. The van der Waals surface area contributed by atoms with Gasteiger partial charge < -0.3 is 9.64 Å². The SMILES string of the molecule is C1CO1.C=CC(=O)N(C)C. The largest absolute Gasteiger partial charge is 0.377 e.